The lowest BCUT2D eigenvalue weighted by molar-refractivity contribution is -0.118. The first-order valence-corrected chi connectivity index (χ1v) is 11.2. The SMILES string of the molecule is CCN(CC)S(=O)(=O)c1ccc(NC)c(NC(=O)C2CC23CCNCC3)c1.Cl. The predicted molar refractivity (Wildman–Crippen MR) is 115 cm³/mol. The van der Waals surface area contributed by atoms with Crippen molar-refractivity contribution in [3.05, 3.63) is 18.2 Å². The number of hydrogen-bond acceptors (Lipinski definition) is 5. The summed E-state index contributed by atoms with van der Waals surface area (Å²) < 4.78 is 27.0. The molecule has 1 aromatic carbocycles. The minimum absolute atomic E-state index is 0. The number of nitrogens with one attached hydrogen (secondary N) is 3. The smallest absolute Gasteiger partial charge is 0.243 e. The minimum Gasteiger partial charge on any atom is -0.386 e. The van der Waals surface area contributed by atoms with E-state index in [2.05, 4.69) is 16.0 Å². The average molecular weight is 431 g/mol. The van der Waals surface area contributed by atoms with Crippen LogP contribution in [0.1, 0.15) is 33.1 Å². The summed E-state index contributed by atoms with van der Waals surface area (Å²) in [7, 11) is -1.81. The standard InChI is InChI=1S/C19H30N4O3S.ClH/c1-4-23(5-2)27(25,26)14-6-7-16(20-3)17(12-14)22-18(24)15-13-19(15)8-10-21-11-9-19;/h6-7,12,15,20-21H,4-5,8-11,13H2,1-3H3,(H,22,24);1H. The number of amides is 1. The van der Waals surface area contributed by atoms with E-state index in [1.807, 2.05) is 13.8 Å². The molecule has 1 aliphatic carbocycles. The van der Waals surface area contributed by atoms with Gasteiger partial charge in [-0.05, 0) is 56.0 Å². The van der Waals surface area contributed by atoms with Gasteiger partial charge in [0.1, 0.15) is 0 Å². The van der Waals surface area contributed by atoms with Gasteiger partial charge in [0.25, 0.3) is 0 Å². The normalized spacial score (nSPS) is 20.5. The summed E-state index contributed by atoms with van der Waals surface area (Å²) in [4.78, 5) is 13.0. The molecule has 1 atom stereocenters. The van der Waals surface area contributed by atoms with Crippen molar-refractivity contribution in [1.82, 2.24) is 9.62 Å². The molecular formula is C19H31ClN4O3S. The van der Waals surface area contributed by atoms with Crippen LogP contribution < -0.4 is 16.0 Å². The zero-order chi connectivity index (χ0) is 19.7. The van der Waals surface area contributed by atoms with Crippen LogP contribution in [-0.2, 0) is 14.8 Å². The summed E-state index contributed by atoms with van der Waals surface area (Å²) in [6.07, 6.45) is 2.98. The first-order valence-electron chi connectivity index (χ1n) is 9.71. The molecule has 2 fully saturated rings. The fourth-order valence-electron chi connectivity index (χ4n) is 4.13. The Morgan fingerprint density at radius 2 is 1.86 bits per heavy atom. The van der Waals surface area contributed by atoms with E-state index >= 15 is 0 Å². The molecule has 1 amide bonds. The average Bonchev–Trinajstić information content (AvgIpc) is 3.36. The second-order valence-corrected chi connectivity index (χ2v) is 9.34. The maximum atomic E-state index is 12.8. The van der Waals surface area contributed by atoms with Crippen molar-refractivity contribution in [3.8, 4) is 0 Å². The van der Waals surface area contributed by atoms with Crippen LogP contribution in [0.25, 0.3) is 0 Å². The van der Waals surface area contributed by atoms with Crippen LogP contribution in [0.5, 0.6) is 0 Å². The number of rotatable bonds is 7. The molecule has 0 radical (unpaired) electrons. The molecular weight excluding hydrogens is 400 g/mol. The van der Waals surface area contributed by atoms with Crippen molar-refractivity contribution in [2.24, 2.45) is 11.3 Å². The van der Waals surface area contributed by atoms with Crippen molar-refractivity contribution in [2.75, 3.05) is 43.9 Å². The molecule has 7 nitrogen and oxygen atoms in total. The van der Waals surface area contributed by atoms with Crippen LogP contribution >= 0.6 is 12.4 Å². The number of sulfonamides is 1. The third kappa shape index (κ3) is 4.30. The van der Waals surface area contributed by atoms with Crippen molar-refractivity contribution in [1.29, 1.82) is 0 Å². The first-order chi connectivity index (χ1) is 12.9. The van der Waals surface area contributed by atoms with E-state index in [9.17, 15) is 13.2 Å². The van der Waals surface area contributed by atoms with Gasteiger partial charge in [-0.2, -0.15) is 4.31 Å². The Morgan fingerprint density at radius 1 is 1.21 bits per heavy atom. The number of hydrogen-bond donors (Lipinski definition) is 3. The largest absolute Gasteiger partial charge is 0.386 e. The predicted octanol–water partition coefficient (Wildman–Crippen LogP) is 2.51. The fraction of sp³-hybridized carbons (Fsp3) is 0.632. The molecule has 1 aliphatic heterocycles. The zero-order valence-corrected chi connectivity index (χ0v) is 18.4. The number of halogens is 1. The van der Waals surface area contributed by atoms with Crippen LogP contribution in [-0.4, -0.2) is 51.9 Å². The number of benzene rings is 1. The Balaban J connectivity index is 0.00000280. The van der Waals surface area contributed by atoms with Crippen LogP contribution in [0.3, 0.4) is 0 Å². The highest BCUT2D eigenvalue weighted by molar-refractivity contribution is 7.89. The third-order valence-electron chi connectivity index (χ3n) is 5.97. The van der Waals surface area contributed by atoms with Gasteiger partial charge in [-0.3, -0.25) is 4.79 Å². The Bertz CT molecular complexity index is 805. The molecule has 9 heteroatoms. The summed E-state index contributed by atoms with van der Waals surface area (Å²) >= 11 is 0. The van der Waals surface area contributed by atoms with Crippen molar-refractivity contribution in [2.45, 2.75) is 38.0 Å². The minimum atomic E-state index is -3.57. The van der Waals surface area contributed by atoms with Gasteiger partial charge in [0.15, 0.2) is 0 Å². The summed E-state index contributed by atoms with van der Waals surface area (Å²) in [6.45, 7) is 6.38. The quantitative estimate of drug-likeness (QED) is 0.618. The number of nitrogens with zero attached hydrogens (tertiary/aromatic N) is 1. The molecule has 28 heavy (non-hydrogen) atoms. The summed E-state index contributed by atoms with van der Waals surface area (Å²) in [5.74, 6) is 0.0122. The van der Waals surface area contributed by atoms with Gasteiger partial charge >= 0.3 is 0 Å². The summed E-state index contributed by atoms with van der Waals surface area (Å²) in [5, 5.41) is 9.35. The second-order valence-electron chi connectivity index (χ2n) is 7.41. The first kappa shape index (κ1) is 22.9. The topological polar surface area (TPSA) is 90.5 Å². The maximum Gasteiger partial charge on any atom is 0.243 e. The van der Waals surface area contributed by atoms with E-state index < -0.39 is 10.0 Å². The van der Waals surface area contributed by atoms with Crippen LogP contribution in [0.2, 0.25) is 0 Å². The molecule has 1 spiro atoms. The summed E-state index contributed by atoms with van der Waals surface area (Å²) in [6, 6.07) is 4.86. The van der Waals surface area contributed by atoms with E-state index in [0.29, 0.717) is 24.5 Å². The van der Waals surface area contributed by atoms with Crippen LogP contribution in [0.4, 0.5) is 11.4 Å². The Kier molecular flexibility index (Phi) is 7.36. The van der Waals surface area contributed by atoms with Gasteiger partial charge < -0.3 is 16.0 Å². The fourth-order valence-corrected chi connectivity index (χ4v) is 5.62. The number of anilines is 2. The summed E-state index contributed by atoms with van der Waals surface area (Å²) in [5.41, 5.74) is 1.37. The van der Waals surface area contributed by atoms with E-state index in [1.54, 1.807) is 25.2 Å². The second kappa shape index (κ2) is 8.98. The lowest BCUT2D eigenvalue weighted by Gasteiger charge is -2.23. The Labute approximate surface area is 174 Å². The van der Waals surface area contributed by atoms with Gasteiger partial charge in [-0.25, -0.2) is 8.42 Å². The van der Waals surface area contributed by atoms with Gasteiger partial charge in [0.05, 0.1) is 16.3 Å². The lowest BCUT2D eigenvalue weighted by atomic mass is 9.92. The number of carbonyl (C=O) groups excluding carboxylic acids is 1. The van der Waals surface area contributed by atoms with Crippen molar-refractivity contribution in [3.63, 3.8) is 0 Å². The molecule has 1 heterocycles. The third-order valence-corrected chi connectivity index (χ3v) is 8.01. The Morgan fingerprint density at radius 3 is 2.43 bits per heavy atom. The molecule has 1 saturated carbocycles. The van der Waals surface area contributed by atoms with Crippen LogP contribution in [0, 0.1) is 11.3 Å². The lowest BCUT2D eigenvalue weighted by Crippen LogP contribution is -2.32. The molecule has 1 unspecified atom stereocenters. The molecule has 3 rings (SSSR count). The van der Waals surface area contributed by atoms with Gasteiger partial charge in [-0.1, -0.05) is 13.8 Å². The van der Waals surface area contributed by atoms with E-state index in [0.717, 1.165) is 32.4 Å². The highest BCUT2D eigenvalue weighted by atomic mass is 35.5. The van der Waals surface area contributed by atoms with E-state index in [1.165, 1.54) is 4.31 Å². The van der Waals surface area contributed by atoms with Crippen molar-refractivity contribution < 1.29 is 13.2 Å². The van der Waals surface area contributed by atoms with Gasteiger partial charge in [0, 0.05) is 26.1 Å². The molecule has 158 valence electrons. The molecule has 1 aromatic rings. The molecule has 0 bridgehead atoms. The Hall–Kier alpha value is -1.35. The molecule has 3 N–H and O–H groups in total. The number of carbonyl (C=O) groups is 1. The number of piperidine rings is 1. The van der Waals surface area contributed by atoms with E-state index in [4.69, 9.17) is 0 Å². The van der Waals surface area contributed by atoms with Crippen molar-refractivity contribution >= 4 is 39.7 Å². The molecule has 2 aliphatic rings. The van der Waals surface area contributed by atoms with E-state index in [-0.39, 0.29) is 34.5 Å². The van der Waals surface area contributed by atoms with Gasteiger partial charge in [0.2, 0.25) is 15.9 Å². The monoisotopic (exact) mass is 430 g/mol. The maximum absolute atomic E-state index is 12.8. The molecule has 1 saturated heterocycles. The van der Waals surface area contributed by atoms with Crippen LogP contribution in [0.15, 0.2) is 23.1 Å². The van der Waals surface area contributed by atoms with Gasteiger partial charge in [-0.15, -0.1) is 12.4 Å². The molecule has 0 aromatic heterocycles. The highest BCUT2D eigenvalue weighted by Crippen LogP contribution is 2.58. The zero-order valence-electron chi connectivity index (χ0n) is 16.7. The highest BCUT2D eigenvalue weighted by Gasteiger charge is 2.57.